The lowest BCUT2D eigenvalue weighted by Crippen LogP contribution is -2.47. The van der Waals surface area contributed by atoms with Crippen molar-refractivity contribution in [2.45, 2.75) is 19.4 Å². The smallest absolute Gasteiger partial charge is 0.251 e. The van der Waals surface area contributed by atoms with E-state index in [0.717, 1.165) is 50.3 Å². The number of rotatable bonds is 5. The molecular weight excluding hydrogens is 358 g/mol. The van der Waals surface area contributed by atoms with Gasteiger partial charge in [0.2, 0.25) is 5.91 Å². The Hall–Kier alpha value is -2.45. The number of aromatic nitrogens is 2. The van der Waals surface area contributed by atoms with E-state index in [0.29, 0.717) is 30.5 Å². The molecule has 2 saturated heterocycles. The lowest BCUT2D eigenvalue weighted by Gasteiger charge is -2.34. The molecule has 2 aliphatic heterocycles. The van der Waals surface area contributed by atoms with Crippen molar-refractivity contribution in [2.24, 2.45) is 5.92 Å². The predicted molar refractivity (Wildman–Crippen MR) is 105 cm³/mol. The fourth-order valence-corrected chi connectivity index (χ4v) is 4.16. The van der Waals surface area contributed by atoms with E-state index in [4.69, 9.17) is 4.74 Å². The number of carbonyl (C=O) groups excluding carboxylic acids is 2. The lowest BCUT2D eigenvalue weighted by atomic mass is 10.0. The van der Waals surface area contributed by atoms with Crippen LogP contribution < -0.4 is 5.32 Å². The summed E-state index contributed by atoms with van der Waals surface area (Å²) in [7, 11) is 0. The van der Waals surface area contributed by atoms with Gasteiger partial charge in [0.25, 0.3) is 5.91 Å². The van der Waals surface area contributed by atoms with Crippen molar-refractivity contribution in [2.75, 3.05) is 45.9 Å². The molecule has 2 N–H and O–H groups in total. The molecule has 150 valence electrons. The molecule has 0 radical (unpaired) electrons. The summed E-state index contributed by atoms with van der Waals surface area (Å²) < 4.78 is 5.43. The van der Waals surface area contributed by atoms with E-state index >= 15 is 0 Å². The van der Waals surface area contributed by atoms with Crippen molar-refractivity contribution in [1.82, 2.24) is 25.3 Å². The molecule has 28 heavy (non-hydrogen) atoms. The molecule has 2 aliphatic rings. The number of morpholine rings is 1. The minimum Gasteiger partial charge on any atom is -0.379 e. The normalized spacial score (nSPS) is 23.2. The Morgan fingerprint density at radius 2 is 2.11 bits per heavy atom. The minimum absolute atomic E-state index is 0.104. The summed E-state index contributed by atoms with van der Waals surface area (Å²) in [6.07, 6.45) is 2.04. The number of hydrogen-bond acceptors (Lipinski definition) is 5. The maximum Gasteiger partial charge on any atom is 0.251 e. The highest BCUT2D eigenvalue weighted by Gasteiger charge is 2.36. The molecule has 0 spiro atoms. The number of aromatic amines is 1. The van der Waals surface area contributed by atoms with E-state index in [1.165, 1.54) is 0 Å². The maximum atomic E-state index is 12.6. The number of likely N-dealkylation sites (tertiary alicyclic amines) is 1. The van der Waals surface area contributed by atoms with Crippen molar-refractivity contribution in [1.29, 1.82) is 0 Å². The van der Waals surface area contributed by atoms with Crippen molar-refractivity contribution < 1.29 is 14.3 Å². The van der Waals surface area contributed by atoms with Crippen LogP contribution in [0.3, 0.4) is 0 Å². The van der Waals surface area contributed by atoms with Crippen molar-refractivity contribution in [3.8, 4) is 0 Å². The average molecular weight is 385 g/mol. The summed E-state index contributed by atoms with van der Waals surface area (Å²) in [5.41, 5.74) is 1.38. The fraction of sp³-hybridized carbons (Fsp3) is 0.550. The van der Waals surface area contributed by atoms with Crippen LogP contribution in [0.1, 0.15) is 23.7 Å². The molecule has 8 heteroatoms. The van der Waals surface area contributed by atoms with Crippen molar-refractivity contribution in [3.05, 3.63) is 30.0 Å². The van der Waals surface area contributed by atoms with Crippen LogP contribution in [0.15, 0.2) is 24.4 Å². The van der Waals surface area contributed by atoms with Crippen LogP contribution >= 0.6 is 0 Å². The quantitative estimate of drug-likeness (QED) is 0.797. The van der Waals surface area contributed by atoms with Crippen molar-refractivity contribution in [3.63, 3.8) is 0 Å². The van der Waals surface area contributed by atoms with Gasteiger partial charge in [-0.25, -0.2) is 0 Å². The second kappa shape index (κ2) is 8.28. The number of hydrogen-bond donors (Lipinski definition) is 2. The summed E-state index contributed by atoms with van der Waals surface area (Å²) in [6, 6.07) is 5.80. The van der Waals surface area contributed by atoms with Gasteiger partial charge in [0.05, 0.1) is 24.9 Å². The van der Waals surface area contributed by atoms with Crippen LogP contribution in [0.2, 0.25) is 0 Å². The Bertz CT molecular complexity index is 845. The predicted octanol–water partition coefficient (Wildman–Crippen LogP) is 0.862. The molecule has 2 unspecified atom stereocenters. The van der Waals surface area contributed by atoms with Crippen LogP contribution in [-0.4, -0.2) is 83.8 Å². The third-order valence-corrected chi connectivity index (χ3v) is 5.77. The second-order valence-corrected chi connectivity index (χ2v) is 7.67. The van der Waals surface area contributed by atoms with Gasteiger partial charge < -0.3 is 15.0 Å². The SMILES string of the molecule is CC1CN(C(=O)CCNC(=O)c2ccc3cn[nH]c3c2)CC1N1CCOCC1. The van der Waals surface area contributed by atoms with Crippen LogP contribution in [0, 0.1) is 5.92 Å². The van der Waals surface area contributed by atoms with E-state index in [-0.39, 0.29) is 11.8 Å². The number of fused-ring (bicyclic) bond motifs is 1. The van der Waals surface area contributed by atoms with Crippen LogP contribution in [0.25, 0.3) is 10.9 Å². The molecule has 0 aliphatic carbocycles. The van der Waals surface area contributed by atoms with Gasteiger partial charge in [-0.05, 0) is 18.1 Å². The third-order valence-electron chi connectivity index (χ3n) is 5.77. The van der Waals surface area contributed by atoms with Gasteiger partial charge in [-0.2, -0.15) is 5.10 Å². The van der Waals surface area contributed by atoms with Gasteiger partial charge in [-0.3, -0.25) is 19.6 Å². The number of nitrogens with one attached hydrogen (secondary N) is 2. The fourth-order valence-electron chi connectivity index (χ4n) is 4.16. The highest BCUT2D eigenvalue weighted by Crippen LogP contribution is 2.23. The number of amides is 2. The van der Waals surface area contributed by atoms with E-state index in [2.05, 4.69) is 27.3 Å². The van der Waals surface area contributed by atoms with Crippen LogP contribution in [-0.2, 0) is 9.53 Å². The van der Waals surface area contributed by atoms with Gasteiger partial charge in [-0.15, -0.1) is 0 Å². The minimum atomic E-state index is -0.176. The van der Waals surface area contributed by atoms with E-state index in [1.54, 1.807) is 18.3 Å². The molecule has 0 saturated carbocycles. The van der Waals surface area contributed by atoms with Crippen molar-refractivity contribution >= 4 is 22.7 Å². The first-order valence-electron chi connectivity index (χ1n) is 9.93. The third kappa shape index (κ3) is 4.02. The first kappa shape index (κ1) is 18.9. The van der Waals surface area contributed by atoms with E-state index in [1.807, 2.05) is 11.0 Å². The molecule has 2 atom stereocenters. The molecule has 2 fully saturated rings. The molecule has 0 bridgehead atoms. The van der Waals surface area contributed by atoms with Crippen LogP contribution in [0.5, 0.6) is 0 Å². The summed E-state index contributed by atoms with van der Waals surface area (Å²) in [5, 5.41) is 10.6. The molecule has 2 amide bonds. The molecule has 8 nitrogen and oxygen atoms in total. The zero-order valence-electron chi connectivity index (χ0n) is 16.2. The first-order chi connectivity index (χ1) is 13.6. The van der Waals surface area contributed by atoms with E-state index in [9.17, 15) is 9.59 Å². The molecule has 2 aromatic rings. The summed E-state index contributed by atoms with van der Waals surface area (Å²) >= 11 is 0. The largest absolute Gasteiger partial charge is 0.379 e. The molecule has 1 aromatic heterocycles. The van der Waals surface area contributed by atoms with E-state index < -0.39 is 0 Å². The van der Waals surface area contributed by atoms with Gasteiger partial charge in [0.1, 0.15) is 0 Å². The monoisotopic (exact) mass is 385 g/mol. The summed E-state index contributed by atoms with van der Waals surface area (Å²) in [4.78, 5) is 29.3. The Morgan fingerprint density at radius 3 is 2.93 bits per heavy atom. The highest BCUT2D eigenvalue weighted by atomic mass is 16.5. The molecule has 4 rings (SSSR count). The number of H-pyrrole nitrogens is 1. The Labute approximate surface area is 164 Å². The summed E-state index contributed by atoms with van der Waals surface area (Å²) in [5.74, 6) is 0.384. The highest BCUT2D eigenvalue weighted by molar-refractivity contribution is 5.97. The zero-order valence-corrected chi connectivity index (χ0v) is 16.2. The standard InChI is InChI=1S/C20H27N5O3/c1-14-12-25(13-18(14)24-6-8-28-9-7-24)19(26)4-5-21-20(27)15-2-3-16-11-22-23-17(16)10-15/h2-3,10-11,14,18H,4-9,12-13H2,1H3,(H,21,27)(H,22,23). The maximum absolute atomic E-state index is 12.6. The van der Waals surface area contributed by atoms with Gasteiger partial charge >= 0.3 is 0 Å². The number of benzene rings is 1. The molecule has 3 heterocycles. The van der Waals surface area contributed by atoms with Gasteiger partial charge in [0, 0.05) is 56.1 Å². The molecule has 1 aromatic carbocycles. The zero-order chi connectivity index (χ0) is 19.5. The van der Waals surface area contributed by atoms with Gasteiger partial charge in [0.15, 0.2) is 0 Å². The number of nitrogens with zero attached hydrogens (tertiary/aromatic N) is 3. The second-order valence-electron chi connectivity index (χ2n) is 7.67. The molecular formula is C20H27N5O3. The Kier molecular flexibility index (Phi) is 5.59. The topological polar surface area (TPSA) is 90.6 Å². The Balaban J connectivity index is 1.25. The van der Waals surface area contributed by atoms with Gasteiger partial charge in [-0.1, -0.05) is 13.0 Å². The summed E-state index contributed by atoms with van der Waals surface area (Å²) in [6.45, 7) is 7.52. The lowest BCUT2D eigenvalue weighted by molar-refractivity contribution is -0.130. The number of carbonyl (C=O) groups is 2. The number of ether oxygens (including phenoxy) is 1. The Morgan fingerprint density at radius 1 is 1.29 bits per heavy atom. The van der Waals surface area contributed by atoms with Crippen LogP contribution in [0.4, 0.5) is 0 Å². The average Bonchev–Trinajstić information content (AvgIpc) is 3.34. The first-order valence-corrected chi connectivity index (χ1v) is 9.93.